The van der Waals surface area contributed by atoms with Crippen molar-refractivity contribution in [2.24, 2.45) is 4.36 Å². The van der Waals surface area contributed by atoms with E-state index in [9.17, 15) is 8.09 Å². The van der Waals surface area contributed by atoms with Crippen molar-refractivity contribution in [3.05, 3.63) is 29.8 Å². The summed E-state index contributed by atoms with van der Waals surface area (Å²) in [5.74, 6) is 2.44. The molecule has 1 aromatic rings. The molecule has 0 aliphatic carbocycles. The smallest absolute Gasteiger partial charge is 0.199 e. The molecule has 0 bridgehead atoms. The van der Waals surface area contributed by atoms with E-state index in [1.165, 1.54) is 4.31 Å². The van der Waals surface area contributed by atoms with E-state index in [0.29, 0.717) is 24.3 Å². The van der Waals surface area contributed by atoms with Crippen molar-refractivity contribution < 1.29 is 8.09 Å². The Morgan fingerprint density at radius 2 is 2.00 bits per heavy atom. The SMILES string of the molecule is C#Cc1ccc(N=S(=O)(F)N2CCC2)cc1. The molecule has 2 rings (SSSR count). The second-order valence-electron chi connectivity index (χ2n) is 3.50. The summed E-state index contributed by atoms with van der Waals surface area (Å²) in [6.45, 7) is 1.00. The minimum absolute atomic E-state index is 0.346. The Morgan fingerprint density at radius 3 is 2.44 bits per heavy atom. The lowest BCUT2D eigenvalue weighted by Crippen LogP contribution is -2.39. The third-order valence-corrected chi connectivity index (χ3v) is 3.82. The molecule has 0 N–H and O–H groups in total. The Kier molecular flexibility index (Phi) is 2.95. The molecule has 0 spiro atoms. The molecule has 1 fully saturated rings. The third-order valence-electron chi connectivity index (χ3n) is 2.39. The maximum atomic E-state index is 13.7. The quantitative estimate of drug-likeness (QED) is 0.574. The van der Waals surface area contributed by atoms with Gasteiger partial charge in [-0.3, -0.25) is 0 Å². The van der Waals surface area contributed by atoms with E-state index in [-0.39, 0.29) is 0 Å². The summed E-state index contributed by atoms with van der Waals surface area (Å²) >= 11 is 0. The van der Waals surface area contributed by atoms with Crippen molar-refractivity contribution in [2.75, 3.05) is 13.1 Å². The van der Waals surface area contributed by atoms with E-state index in [0.717, 1.165) is 6.42 Å². The van der Waals surface area contributed by atoms with Crippen LogP contribution in [0.2, 0.25) is 0 Å². The first-order valence-corrected chi connectivity index (χ1v) is 6.27. The Hall–Kier alpha value is -1.38. The van der Waals surface area contributed by atoms with Crippen LogP contribution >= 0.6 is 0 Å². The number of rotatable bonds is 2. The van der Waals surface area contributed by atoms with Gasteiger partial charge in [-0.1, -0.05) is 5.92 Å². The summed E-state index contributed by atoms with van der Waals surface area (Å²) in [7, 11) is -3.74. The highest BCUT2D eigenvalue weighted by Gasteiger charge is 2.25. The van der Waals surface area contributed by atoms with E-state index >= 15 is 0 Å². The molecular weight excluding hydrogens is 227 g/mol. The van der Waals surface area contributed by atoms with E-state index in [4.69, 9.17) is 6.42 Å². The van der Waals surface area contributed by atoms with Crippen molar-refractivity contribution in [2.45, 2.75) is 6.42 Å². The van der Waals surface area contributed by atoms with E-state index in [1.807, 2.05) is 0 Å². The largest absolute Gasteiger partial charge is 0.275 e. The monoisotopic (exact) mass is 238 g/mol. The molecule has 3 nitrogen and oxygen atoms in total. The van der Waals surface area contributed by atoms with Crippen molar-refractivity contribution >= 4 is 16.0 Å². The topological polar surface area (TPSA) is 32.7 Å². The van der Waals surface area contributed by atoms with Crippen LogP contribution in [-0.2, 0) is 10.3 Å². The predicted molar refractivity (Wildman–Crippen MR) is 61.9 cm³/mol. The van der Waals surface area contributed by atoms with Crippen molar-refractivity contribution in [3.63, 3.8) is 0 Å². The standard InChI is InChI=1S/C11H11FN2OS/c1-2-10-4-6-11(7-5-10)13-16(12,15)14-8-3-9-14/h1,4-7H,3,8-9H2. The van der Waals surface area contributed by atoms with Gasteiger partial charge in [0.05, 0.1) is 5.69 Å². The number of hydrogen-bond donors (Lipinski definition) is 0. The van der Waals surface area contributed by atoms with Gasteiger partial charge in [-0.15, -0.1) is 10.3 Å². The molecule has 1 aliphatic rings. The van der Waals surface area contributed by atoms with Crippen LogP contribution in [0.1, 0.15) is 12.0 Å². The van der Waals surface area contributed by atoms with E-state index in [1.54, 1.807) is 24.3 Å². The first-order chi connectivity index (χ1) is 7.62. The van der Waals surface area contributed by atoms with Crippen LogP contribution in [-0.4, -0.2) is 21.6 Å². The fourth-order valence-electron chi connectivity index (χ4n) is 1.32. The molecule has 5 heteroatoms. The minimum Gasteiger partial charge on any atom is -0.199 e. The van der Waals surface area contributed by atoms with E-state index < -0.39 is 10.3 Å². The van der Waals surface area contributed by atoms with Crippen LogP contribution in [0.5, 0.6) is 0 Å². The van der Waals surface area contributed by atoms with Gasteiger partial charge >= 0.3 is 0 Å². The number of terminal acetylenes is 1. The Labute approximate surface area is 94.9 Å². The number of benzene rings is 1. The highest BCUT2D eigenvalue weighted by molar-refractivity contribution is 7.86. The van der Waals surface area contributed by atoms with Gasteiger partial charge in [0, 0.05) is 18.7 Å². The average molecular weight is 238 g/mol. The molecule has 1 aliphatic heterocycles. The molecule has 1 saturated heterocycles. The molecule has 0 radical (unpaired) electrons. The van der Waals surface area contributed by atoms with Gasteiger partial charge in [0.25, 0.3) is 10.3 Å². The van der Waals surface area contributed by atoms with Crippen molar-refractivity contribution in [1.29, 1.82) is 0 Å². The Morgan fingerprint density at radius 1 is 1.38 bits per heavy atom. The lowest BCUT2D eigenvalue weighted by molar-refractivity contribution is 0.311. The van der Waals surface area contributed by atoms with Crippen molar-refractivity contribution in [1.82, 2.24) is 4.31 Å². The van der Waals surface area contributed by atoms with E-state index in [2.05, 4.69) is 10.3 Å². The molecule has 1 aromatic carbocycles. The summed E-state index contributed by atoms with van der Waals surface area (Å²) in [6.07, 6.45) is 6.05. The molecular formula is C11H11FN2OS. The Bertz CT molecular complexity index is 534. The van der Waals surface area contributed by atoms with Crippen LogP contribution < -0.4 is 0 Å². The maximum absolute atomic E-state index is 13.7. The van der Waals surface area contributed by atoms with Gasteiger partial charge < -0.3 is 0 Å². The highest BCUT2D eigenvalue weighted by Crippen LogP contribution is 2.22. The summed E-state index contributed by atoms with van der Waals surface area (Å²) < 4.78 is 30.0. The van der Waals surface area contributed by atoms with Crippen LogP contribution in [0.4, 0.5) is 9.57 Å². The molecule has 1 heterocycles. The number of halogens is 1. The summed E-state index contributed by atoms with van der Waals surface area (Å²) in [5, 5.41) is 0. The fraction of sp³-hybridized carbons (Fsp3) is 0.273. The average Bonchev–Trinajstić information content (AvgIpc) is 2.14. The molecule has 16 heavy (non-hydrogen) atoms. The van der Waals surface area contributed by atoms with Gasteiger partial charge in [0.1, 0.15) is 0 Å². The summed E-state index contributed by atoms with van der Waals surface area (Å²) in [4.78, 5) is 0. The second kappa shape index (κ2) is 4.24. The van der Waals surface area contributed by atoms with Crippen LogP contribution in [0.25, 0.3) is 0 Å². The number of nitrogens with zero attached hydrogens (tertiary/aromatic N) is 2. The molecule has 1 atom stereocenters. The molecule has 1 unspecified atom stereocenters. The summed E-state index contributed by atoms with van der Waals surface area (Å²) in [5.41, 5.74) is 1.03. The zero-order valence-corrected chi connectivity index (χ0v) is 9.41. The van der Waals surface area contributed by atoms with Crippen LogP contribution in [0.15, 0.2) is 28.6 Å². The first-order valence-electron chi connectivity index (χ1n) is 4.90. The maximum Gasteiger partial charge on any atom is 0.275 e. The third kappa shape index (κ3) is 2.23. The van der Waals surface area contributed by atoms with Gasteiger partial charge in [0.2, 0.25) is 0 Å². The molecule has 0 amide bonds. The summed E-state index contributed by atoms with van der Waals surface area (Å²) in [6, 6.07) is 6.41. The molecule has 84 valence electrons. The highest BCUT2D eigenvalue weighted by atomic mass is 32.3. The van der Waals surface area contributed by atoms with Crippen LogP contribution in [0.3, 0.4) is 0 Å². The normalized spacial score (nSPS) is 19.2. The number of hydrogen-bond acceptors (Lipinski definition) is 2. The zero-order chi connectivity index (χ0) is 11.6. The van der Waals surface area contributed by atoms with Gasteiger partial charge in [0.15, 0.2) is 0 Å². The first kappa shape index (κ1) is 11.1. The van der Waals surface area contributed by atoms with Gasteiger partial charge in [-0.2, -0.15) is 12.9 Å². The zero-order valence-electron chi connectivity index (χ0n) is 8.60. The fourth-order valence-corrected chi connectivity index (χ4v) is 2.52. The molecule has 0 saturated carbocycles. The lowest BCUT2D eigenvalue weighted by Gasteiger charge is -2.27. The minimum atomic E-state index is -3.74. The Balaban J connectivity index is 2.28. The predicted octanol–water partition coefficient (Wildman–Crippen LogP) is 2.27. The molecule has 0 aromatic heterocycles. The van der Waals surface area contributed by atoms with Crippen molar-refractivity contribution in [3.8, 4) is 12.3 Å². The second-order valence-corrected chi connectivity index (χ2v) is 5.06. The lowest BCUT2D eigenvalue weighted by atomic mass is 10.2. The van der Waals surface area contributed by atoms with Crippen LogP contribution in [0, 0.1) is 12.3 Å². The van der Waals surface area contributed by atoms with Gasteiger partial charge in [-0.05, 0) is 30.7 Å². The van der Waals surface area contributed by atoms with Gasteiger partial charge in [-0.25, -0.2) is 0 Å².